The smallest absolute Gasteiger partial charge is 0.411 e. The van der Waals surface area contributed by atoms with E-state index in [1.807, 2.05) is 6.92 Å². The standard InChI is InChI=1S/C12H23NO4S/c1-5-6-7-13(9(8-18)10(14)15)11(16)17-12(2,3)4/h9,18H,5-8H2,1-4H3,(H,14,15). The number of rotatable bonds is 6. The molecule has 5 nitrogen and oxygen atoms in total. The molecule has 0 fully saturated rings. The minimum atomic E-state index is -1.06. The highest BCUT2D eigenvalue weighted by Gasteiger charge is 2.31. The molecule has 0 aliphatic heterocycles. The number of aliphatic carboxylic acids is 1. The number of carboxylic acids is 1. The van der Waals surface area contributed by atoms with Gasteiger partial charge in [0, 0.05) is 12.3 Å². The van der Waals surface area contributed by atoms with Crippen molar-refractivity contribution < 1.29 is 19.4 Å². The Morgan fingerprint density at radius 1 is 1.39 bits per heavy atom. The number of hydrogen-bond acceptors (Lipinski definition) is 4. The fourth-order valence-electron chi connectivity index (χ4n) is 1.33. The number of carboxylic acid groups (broad SMARTS) is 1. The van der Waals surface area contributed by atoms with Crippen molar-refractivity contribution in [2.45, 2.75) is 52.2 Å². The lowest BCUT2D eigenvalue weighted by atomic mass is 10.2. The summed E-state index contributed by atoms with van der Waals surface area (Å²) in [5.41, 5.74) is -0.638. The lowest BCUT2D eigenvalue weighted by molar-refractivity contribution is -0.142. The van der Waals surface area contributed by atoms with Crippen molar-refractivity contribution >= 4 is 24.7 Å². The summed E-state index contributed by atoms with van der Waals surface area (Å²) in [6.45, 7) is 7.59. The van der Waals surface area contributed by atoms with Crippen molar-refractivity contribution in [2.75, 3.05) is 12.3 Å². The van der Waals surface area contributed by atoms with Crippen molar-refractivity contribution in [3.05, 3.63) is 0 Å². The van der Waals surface area contributed by atoms with Crippen LogP contribution in [0.2, 0.25) is 0 Å². The second-order valence-corrected chi connectivity index (χ2v) is 5.43. The zero-order valence-electron chi connectivity index (χ0n) is 11.5. The van der Waals surface area contributed by atoms with Gasteiger partial charge < -0.3 is 9.84 Å². The van der Waals surface area contributed by atoms with Gasteiger partial charge in [-0.15, -0.1) is 0 Å². The predicted octanol–water partition coefficient (Wildman–Crippen LogP) is 2.41. The highest BCUT2D eigenvalue weighted by atomic mass is 32.1. The zero-order valence-corrected chi connectivity index (χ0v) is 12.4. The molecule has 1 unspecified atom stereocenters. The molecular weight excluding hydrogens is 254 g/mol. The molecule has 6 heteroatoms. The van der Waals surface area contributed by atoms with Gasteiger partial charge in [-0.25, -0.2) is 9.59 Å². The van der Waals surface area contributed by atoms with E-state index in [-0.39, 0.29) is 5.75 Å². The van der Waals surface area contributed by atoms with Crippen LogP contribution in [-0.2, 0) is 9.53 Å². The lowest BCUT2D eigenvalue weighted by Crippen LogP contribution is -2.48. The number of carbonyl (C=O) groups excluding carboxylic acids is 1. The van der Waals surface area contributed by atoms with Crippen LogP contribution in [0.5, 0.6) is 0 Å². The van der Waals surface area contributed by atoms with E-state index < -0.39 is 23.7 Å². The average Bonchev–Trinajstić information content (AvgIpc) is 2.20. The Bertz CT molecular complexity index is 288. The van der Waals surface area contributed by atoms with Crippen molar-refractivity contribution in [2.24, 2.45) is 0 Å². The second-order valence-electron chi connectivity index (χ2n) is 5.06. The summed E-state index contributed by atoms with van der Waals surface area (Å²) in [5.74, 6) is -0.995. The Morgan fingerprint density at radius 3 is 2.28 bits per heavy atom. The summed E-state index contributed by atoms with van der Waals surface area (Å²) < 4.78 is 5.22. The molecule has 0 spiro atoms. The minimum absolute atomic E-state index is 0.0677. The van der Waals surface area contributed by atoms with E-state index in [0.29, 0.717) is 6.54 Å². The third kappa shape index (κ3) is 6.14. The van der Waals surface area contributed by atoms with Crippen LogP contribution < -0.4 is 0 Å². The van der Waals surface area contributed by atoms with Crippen LogP contribution in [0, 0.1) is 0 Å². The second kappa shape index (κ2) is 7.51. The van der Waals surface area contributed by atoms with Crippen LogP contribution in [-0.4, -0.2) is 46.0 Å². The van der Waals surface area contributed by atoms with Crippen molar-refractivity contribution in [3.8, 4) is 0 Å². The molecule has 0 radical (unpaired) electrons. The first kappa shape index (κ1) is 17.1. The van der Waals surface area contributed by atoms with Gasteiger partial charge >= 0.3 is 12.1 Å². The Morgan fingerprint density at radius 2 is 1.94 bits per heavy atom. The van der Waals surface area contributed by atoms with Crippen LogP contribution in [0.15, 0.2) is 0 Å². The van der Waals surface area contributed by atoms with Crippen LogP contribution in [0.1, 0.15) is 40.5 Å². The quantitative estimate of drug-likeness (QED) is 0.732. The molecule has 106 valence electrons. The van der Waals surface area contributed by atoms with Crippen molar-refractivity contribution in [1.29, 1.82) is 0 Å². The molecule has 0 heterocycles. The van der Waals surface area contributed by atoms with E-state index in [1.165, 1.54) is 4.90 Å². The number of hydrogen-bond donors (Lipinski definition) is 2. The number of thiol groups is 1. The van der Waals surface area contributed by atoms with Crippen LogP contribution >= 0.6 is 12.6 Å². The average molecular weight is 277 g/mol. The maximum absolute atomic E-state index is 12.0. The van der Waals surface area contributed by atoms with Gasteiger partial charge in [-0.2, -0.15) is 12.6 Å². The molecule has 0 saturated heterocycles. The molecule has 0 bridgehead atoms. The summed E-state index contributed by atoms with van der Waals surface area (Å²) in [6, 6.07) is -0.949. The van der Waals surface area contributed by atoms with E-state index in [2.05, 4.69) is 12.6 Å². The molecule has 0 aromatic rings. The Balaban J connectivity index is 4.85. The van der Waals surface area contributed by atoms with E-state index in [4.69, 9.17) is 9.84 Å². The number of nitrogens with zero attached hydrogens (tertiary/aromatic N) is 1. The summed E-state index contributed by atoms with van der Waals surface area (Å²) >= 11 is 3.99. The first-order chi connectivity index (χ1) is 8.22. The molecule has 1 atom stereocenters. The third-order valence-electron chi connectivity index (χ3n) is 2.21. The Hall–Kier alpha value is -0.910. The van der Waals surface area contributed by atoms with E-state index in [9.17, 15) is 9.59 Å². The highest BCUT2D eigenvalue weighted by molar-refractivity contribution is 7.80. The summed E-state index contributed by atoms with van der Waals surface area (Å²) in [7, 11) is 0. The van der Waals surface area contributed by atoms with E-state index in [0.717, 1.165) is 12.8 Å². The van der Waals surface area contributed by atoms with Crippen molar-refractivity contribution in [1.82, 2.24) is 4.90 Å². The fraction of sp³-hybridized carbons (Fsp3) is 0.833. The molecule has 0 saturated carbocycles. The van der Waals surface area contributed by atoms with Gasteiger partial charge in [0.25, 0.3) is 0 Å². The Labute approximate surface area is 114 Å². The monoisotopic (exact) mass is 277 g/mol. The normalized spacial score (nSPS) is 12.9. The molecule has 0 aromatic carbocycles. The van der Waals surface area contributed by atoms with Crippen molar-refractivity contribution in [3.63, 3.8) is 0 Å². The molecule has 18 heavy (non-hydrogen) atoms. The number of unbranched alkanes of at least 4 members (excludes halogenated alkanes) is 1. The van der Waals surface area contributed by atoms with Crippen LogP contribution in [0.25, 0.3) is 0 Å². The molecule has 0 rings (SSSR count). The molecule has 0 aromatic heterocycles. The number of ether oxygens (including phenoxy) is 1. The van der Waals surface area contributed by atoms with Gasteiger partial charge in [0.2, 0.25) is 0 Å². The van der Waals surface area contributed by atoms with Gasteiger partial charge in [-0.3, -0.25) is 4.90 Å². The summed E-state index contributed by atoms with van der Waals surface area (Å²) in [4.78, 5) is 24.3. The highest BCUT2D eigenvalue weighted by Crippen LogP contribution is 2.14. The molecule has 0 aliphatic rings. The number of carbonyl (C=O) groups is 2. The topological polar surface area (TPSA) is 66.8 Å². The van der Waals surface area contributed by atoms with E-state index in [1.54, 1.807) is 20.8 Å². The third-order valence-corrected chi connectivity index (χ3v) is 2.56. The largest absolute Gasteiger partial charge is 0.480 e. The van der Waals surface area contributed by atoms with Crippen LogP contribution in [0.3, 0.4) is 0 Å². The van der Waals surface area contributed by atoms with E-state index >= 15 is 0 Å². The maximum atomic E-state index is 12.0. The number of amides is 1. The van der Waals surface area contributed by atoms with Gasteiger partial charge in [-0.1, -0.05) is 13.3 Å². The Kier molecular flexibility index (Phi) is 7.13. The first-order valence-corrected chi connectivity index (χ1v) is 6.69. The van der Waals surface area contributed by atoms with Gasteiger partial charge in [0.1, 0.15) is 11.6 Å². The van der Waals surface area contributed by atoms with Crippen LogP contribution in [0.4, 0.5) is 4.79 Å². The molecular formula is C12H23NO4S. The molecule has 1 N–H and O–H groups in total. The van der Waals surface area contributed by atoms with Gasteiger partial charge in [0.15, 0.2) is 0 Å². The minimum Gasteiger partial charge on any atom is -0.480 e. The summed E-state index contributed by atoms with van der Waals surface area (Å²) in [5, 5.41) is 9.09. The van der Waals surface area contributed by atoms with Gasteiger partial charge in [0.05, 0.1) is 0 Å². The fourth-order valence-corrected chi connectivity index (χ4v) is 1.69. The first-order valence-electron chi connectivity index (χ1n) is 6.06. The lowest BCUT2D eigenvalue weighted by Gasteiger charge is -2.30. The molecule has 0 aliphatic carbocycles. The zero-order chi connectivity index (χ0) is 14.3. The van der Waals surface area contributed by atoms with Gasteiger partial charge in [-0.05, 0) is 27.2 Å². The molecule has 1 amide bonds. The summed E-state index contributed by atoms with van der Waals surface area (Å²) in [6.07, 6.45) is 1.01. The SMILES string of the molecule is CCCCN(C(=O)OC(C)(C)C)C(CS)C(=O)O. The predicted molar refractivity (Wildman–Crippen MR) is 73.1 cm³/mol. The maximum Gasteiger partial charge on any atom is 0.411 e.